The van der Waals surface area contributed by atoms with Gasteiger partial charge in [0.25, 0.3) is 5.91 Å². The lowest BCUT2D eigenvalue weighted by atomic mass is 10.1. The van der Waals surface area contributed by atoms with Crippen molar-refractivity contribution in [2.45, 2.75) is 18.9 Å². The Morgan fingerprint density at radius 2 is 2.22 bits per heavy atom. The Bertz CT molecular complexity index is 753. The molecule has 0 radical (unpaired) electrons. The summed E-state index contributed by atoms with van der Waals surface area (Å²) in [4.78, 5) is 17.3. The van der Waals surface area contributed by atoms with Crippen molar-refractivity contribution in [2.75, 3.05) is 47.4 Å². The quantitative estimate of drug-likeness (QED) is 0.770. The van der Waals surface area contributed by atoms with Gasteiger partial charge in [-0.3, -0.25) is 9.89 Å². The van der Waals surface area contributed by atoms with Crippen molar-refractivity contribution in [1.29, 1.82) is 0 Å². The van der Waals surface area contributed by atoms with E-state index in [0.717, 1.165) is 37.3 Å². The van der Waals surface area contributed by atoms with Gasteiger partial charge < -0.3 is 19.3 Å². The second kappa shape index (κ2) is 9.01. The molecule has 7 heteroatoms. The number of carbonyl (C=O) groups is 1. The van der Waals surface area contributed by atoms with E-state index in [9.17, 15) is 4.79 Å². The number of aromatic nitrogens is 2. The first-order valence-electron chi connectivity index (χ1n) is 9.32. The Morgan fingerprint density at radius 3 is 2.93 bits per heavy atom. The summed E-state index contributed by atoms with van der Waals surface area (Å²) in [5.74, 6) is 0.711. The van der Waals surface area contributed by atoms with E-state index in [1.54, 1.807) is 13.3 Å². The summed E-state index contributed by atoms with van der Waals surface area (Å²) in [6.45, 7) is 2.83. The molecule has 27 heavy (non-hydrogen) atoms. The number of rotatable bonds is 8. The molecule has 1 aliphatic rings. The number of hydrogen-bond acceptors (Lipinski definition) is 5. The number of H-pyrrole nitrogens is 1. The average molecular weight is 372 g/mol. The average Bonchev–Trinajstić information content (AvgIpc) is 3.36. The minimum atomic E-state index is -0.0288. The van der Waals surface area contributed by atoms with Crippen molar-refractivity contribution in [3.8, 4) is 17.0 Å². The SMILES string of the molecule is COc1cccc(-c2[nH]ncc2C(=O)N(CCN(C)C)CC2CCCO2)c1. The minimum Gasteiger partial charge on any atom is -0.497 e. The van der Waals surface area contributed by atoms with Crippen LogP contribution in [0.3, 0.4) is 0 Å². The molecule has 0 spiro atoms. The van der Waals surface area contributed by atoms with Crippen molar-refractivity contribution in [3.63, 3.8) is 0 Å². The highest BCUT2D eigenvalue weighted by atomic mass is 16.5. The standard InChI is InChI=1S/C20H28N4O3/c1-23(2)9-10-24(14-17-8-5-11-27-17)20(25)18-13-21-22-19(18)15-6-4-7-16(12-15)26-3/h4,6-7,12-13,17H,5,8-11,14H2,1-3H3,(H,21,22). The Hall–Kier alpha value is -2.38. The van der Waals surface area contributed by atoms with Gasteiger partial charge in [0.2, 0.25) is 0 Å². The third kappa shape index (κ3) is 4.87. The van der Waals surface area contributed by atoms with Crippen LogP contribution >= 0.6 is 0 Å². The van der Waals surface area contributed by atoms with E-state index in [1.807, 2.05) is 43.3 Å². The van der Waals surface area contributed by atoms with Gasteiger partial charge in [-0.25, -0.2) is 0 Å². The third-order valence-corrected chi connectivity index (χ3v) is 4.78. The van der Waals surface area contributed by atoms with Gasteiger partial charge in [0.1, 0.15) is 5.75 Å². The number of nitrogens with one attached hydrogen (secondary N) is 1. The number of likely N-dealkylation sites (N-methyl/N-ethyl adjacent to an activating group) is 1. The van der Waals surface area contributed by atoms with Crippen molar-refractivity contribution < 1.29 is 14.3 Å². The smallest absolute Gasteiger partial charge is 0.257 e. The molecule has 1 saturated heterocycles. The Kier molecular flexibility index (Phi) is 6.47. The van der Waals surface area contributed by atoms with Crippen LogP contribution in [0, 0.1) is 0 Å². The van der Waals surface area contributed by atoms with E-state index in [0.29, 0.717) is 24.3 Å². The lowest BCUT2D eigenvalue weighted by Crippen LogP contribution is -2.41. The molecule has 7 nitrogen and oxygen atoms in total. The summed E-state index contributed by atoms with van der Waals surface area (Å²) in [6, 6.07) is 7.62. The predicted molar refractivity (Wildman–Crippen MR) is 104 cm³/mol. The highest BCUT2D eigenvalue weighted by molar-refractivity contribution is 5.99. The van der Waals surface area contributed by atoms with Crippen LogP contribution in [-0.2, 0) is 4.74 Å². The van der Waals surface area contributed by atoms with Crippen molar-refractivity contribution in [1.82, 2.24) is 20.0 Å². The number of ether oxygens (including phenoxy) is 2. The molecule has 1 aromatic heterocycles. The van der Waals surface area contributed by atoms with Gasteiger partial charge in [0, 0.05) is 31.8 Å². The fraction of sp³-hybridized carbons (Fsp3) is 0.500. The Morgan fingerprint density at radius 1 is 1.37 bits per heavy atom. The summed E-state index contributed by atoms with van der Waals surface area (Å²) in [7, 11) is 5.64. The van der Waals surface area contributed by atoms with E-state index in [1.165, 1.54) is 0 Å². The zero-order chi connectivity index (χ0) is 19.2. The first kappa shape index (κ1) is 19.4. The summed E-state index contributed by atoms with van der Waals surface area (Å²) in [6.07, 6.45) is 3.78. The topological polar surface area (TPSA) is 70.7 Å². The lowest BCUT2D eigenvalue weighted by molar-refractivity contribution is 0.0512. The van der Waals surface area contributed by atoms with E-state index in [4.69, 9.17) is 9.47 Å². The molecule has 1 unspecified atom stereocenters. The zero-order valence-corrected chi connectivity index (χ0v) is 16.3. The Labute approximate surface area is 160 Å². The fourth-order valence-corrected chi connectivity index (χ4v) is 3.25. The maximum atomic E-state index is 13.3. The van der Waals surface area contributed by atoms with Crippen LogP contribution in [0.15, 0.2) is 30.5 Å². The van der Waals surface area contributed by atoms with Gasteiger partial charge in [0.05, 0.1) is 30.7 Å². The summed E-state index contributed by atoms with van der Waals surface area (Å²) < 4.78 is 11.1. The largest absolute Gasteiger partial charge is 0.497 e. The van der Waals surface area contributed by atoms with Crippen LogP contribution in [0.4, 0.5) is 0 Å². The molecule has 0 bridgehead atoms. The van der Waals surface area contributed by atoms with Gasteiger partial charge in [-0.15, -0.1) is 0 Å². The van der Waals surface area contributed by atoms with Gasteiger partial charge in [-0.05, 0) is 39.1 Å². The van der Waals surface area contributed by atoms with Crippen LogP contribution in [0.1, 0.15) is 23.2 Å². The summed E-state index contributed by atoms with van der Waals surface area (Å²) in [5, 5.41) is 7.10. The van der Waals surface area contributed by atoms with Crippen LogP contribution in [-0.4, -0.2) is 79.5 Å². The molecule has 3 rings (SSSR count). The number of nitrogens with zero attached hydrogens (tertiary/aromatic N) is 3. The molecule has 2 heterocycles. The summed E-state index contributed by atoms with van der Waals surface area (Å²) >= 11 is 0. The number of carbonyl (C=O) groups excluding carboxylic acids is 1. The van der Waals surface area contributed by atoms with Crippen LogP contribution in [0.2, 0.25) is 0 Å². The number of aromatic amines is 1. The third-order valence-electron chi connectivity index (χ3n) is 4.78. The lowest BCUT2D eigenvalue weighted by Gasteiger charge is -2.27. The van der Waals surface area contributed by atoms with E-state index in [-0.39, 0.29) is 12.0 Å². The molecule has 1 N–H and O–H groups in total. The Balaban J connectivity index is 1.83. The first-order chi connectivity index (χ1) is 13.1. The molecule has 146 valence electrons. The number of hydrogen-bond donors (Lipinski definition) is 1. The van der Waals surface area contributed by atoms with E-state index in [2.05, 4.69) is 15.1 Å². The number of benzene rings is 1. The molecule has 1 aliphatic heterocycles. The highest BCUT2D eigenvalue weighted by Gasteiger charge is 2.26. The normalized spacial score (nSPS) is 16.7. The zero-order valence-electron chi connectivity index (χ0n) is 16.3. The van der Waals surface area contributed by atoms with Crippen LogP contribution in [0.25, 0.3) is 11.3 Å². The minimum absolute atomic E-state index is 0.0288. The van der Waals surface area contributed by atoms with Gasteiger partial charge in [-0.1, -0.05) is 12.1 Å². The van der Waals surface area contributed by atoms with Crippen molar-refractivity contribution in [2.24, 2.45) is 0 Å². The highest BCUT2D eigenvalue weighted by Crippen LogP contribution is 2.26. The van der Waals surface area contributed by atoms with E-state index >= 15 is 0 Å². The molecule has 1 atom stereocenters. The maximum absolute atomic E-state index is 13.3. The first-order valence-corrected chi connectivity index (χ1v) is 9.32. The van der Waals surface area contributed by atoms with E-state index < -0.39 is 0 Å². The monoisotopic (exact) mass is 372 g/mol. The van der Waals surface area contributed by atoms with Crippen LogP contribution in [0.5, 0.6) is 5.75 Å². The predicted octanol–water partition coefficient (Wildman–Crippen LogP) is 2.27. The second-order valence-electron chi connectivity index (χ2n) is 7.08. The van der Waals surface area contributed by atoms with Crippen molar-refractivity contribution in [3.05, 3.63) is 36.0 Å². The van der Waals surface area contributed by atoms with Gasteiger partial charge >= 0.3 is 0 Å². The van der Waals surface area contributed by atoms with Gasteiger partial charge in [-0.2, -0.15) is 5.10 Å². The fourth-order valence-electron chi connectivity index (χ4n) is 3.25. The second-order valence-corrected chi connectivity index (χ2v) is 7.08. The van der Waals surface area contributed by atoms with Crippen LogP contribution < -0.4 is 4.74 Å². The maximum Gasteiger partial charge on any atom is 0.257 e. The number of amides is 1. The molecular weight excluding hydrogens is 344 g/mol. The van der Waals surface area contributed by atoms with Crippen molar-refractivity contribution >= 4 is 5.91 Å². The summed E-state index contributed by atoms with van der Waals surface area (Å²) in [5.41, 5.74) is 2.15. The molecule has 1 aromatic carbocycles. The number of methoxy groups -OCH3 is 1. The molecule has 0 aliphatic carbocycles. The van der Waals surface area contributed by atoms with Gasteiger partial charge in [0.15, 0.2) is 0 Å². The molecule has 2 aromatic rings. The molecule has 1 amide bonds. The molecular formula is C20H28N4O3. The molecule has 1 fully saturated rings. The molecule has 0 saturated carbocycles.